The van der Waals surface area contributed by atoms with Gasteiger partial charge in [0.15, 0.2) is 0 Å². The smallest absolute Gasteiger partial charge is 0.243 e. The predicted octanol–water partition coefficient (Wildman–Crippen LogP) is 0.966. The molecule has 96 valence electrons. The van der Waals surface area contributed by atoms with Gasteiger partial charge in [-0.15, -0.1) is 0 Å². The molecule has 1 aromatic rings. The minimum absolute atomic E-state index is 0.152. The molecule has 17 heavy (non-hydrogen) atoms. The van der Waals surface area contributed by atoms with Crippen LogP contribution in [0.3, 0.4) is 0 Å². The van der Waals surface area contributed by atoms with Crippen LogP contribution in [0.4, 0.5) is 8.78 Å². The molecular weight excluding hydrogens is 252 g/mol. The van der Waals surface area contributed by atoms with E-state index in [0.29, 0.717) is 6.07 Å². The van der Waals surface area contributed by atoms with Crippen LogP contribution in [0, 0.1) is 11.6 Å². The van der Waals surface area contributed by atoms with Gasteiger partial charge in [0.2, 0.25) is 10.0 Å². The second-order valence-corrected chi connectivity index (χ2v) is 5.78. The second kappa shape index (κ2) is 5.07. The second-order valence-electron chi connectivity index (χ2n) is 3.74. The Kier molecular flexibility index (Phi) is 4.18. The number of hydrogen-bond donors (Lipinski definition) is 1. The van der Waals surface area contributed by atoms with Gasteiger partial charge in [-0.25, -0.2) is 17.2 Å². The number of rotatable bonds is 4. The first-order valence-corrected chi connectivity index (χ1v) is 6.28. The van der Waals surface area contributed by atoms with Crippen molar-refractivity contribution in [1.29, 1.82) is 0 Å². The van der Waals surface area contributed by atoms with Gasteiger partial charge in [-0.1, -0.05) is 0 Å². The van der Waals surface area contributed by atoms with E-state index in [1.807, 2.05) is 0 Å². The Bertz CT molecular complexity index is 482. The Morgan fingerprint density at radius 1 is 1.29 bits per heavy atom. The molecule has 0 aromatic heterocycles. The molecule has 0 amide bonds. The Hall–Kier alpha value is -1.05. The lowest BCUT2D eigenvalue weighted by Gasteiger charge is -2.18. The lowest BCUT2D eigenvalue weighted by atomic mass is 10.3. The maximum atomic E-state index is 12.9. The molecule has 4 nitrogen and oxygen atoms in total. The van der Waals surface area contributed by atoms with E-state index in [2.05, 4.69) is 0 Å². The number of likely N-dealkylation sites (N-methyl/N-ethyl adjacent to an activating group) is 1. The normalized spacial score (nSPS) is 14.0. The van der Waals surface area contributed by atoms with Crippen LogP contribution in [0.1, 0.15) is 6.92 Å². The number of aliphatic hydroxyl groups excluding tert-OH is 1. The molecule has 0 aliphatic rings. The fourth-order valence-electron chi connectivity index (χ4n) is 1.33. The molecule has 0 saturated heterocycles. The van der Waals surface area contributed by atoms with Gasteiger partial charge in [-0.3, -0.25) is 0 Å². The summed E-state index contributed by atoms with van der Waals surface area (Å²) >= 11 is 0. The average Bonchev–Trinajstić information content (AvgIpc) is 2.14. The van der Waals surface area contributed by atoms with Gasteiger partial charge in [0, 0.05) is 19.7 Å². The predicted molar refractivity (Wildman–Crippen MR) is 57.9 cm³/mol. The van der Waals surface area contributed by atoms with Gasteiger partial charge < -0.3 is 5.11 Å². The van der Waals surface area contributed by atoms with Crippen molar-refractivity contribution in [1.82, 2.24) is 4.31 Å². The quantitative estimate of drug-likeness (QED) is 0.882. The molecule has 0 radical (unpaired) electrons. The Labute approximate surface area is 98.5 Å². The van der Waals surface area contributed by atoms with E-state index >= 15 is 0 Å². The molecule has 0 fully saturated rings. The Morgan fingerprint density at radius 2 is 1.76 bits per heavy atom. The molecule has 1 aromatic carbocycles. The Balaban J connectivity index is 3.12. The highest BCUT2D eigenvalue weighted by Crippen LogP contribution is 2.17. The average molecular weight is 265 g/mol. The van der Waals surface area contributed by atoms with E-state index < -0.39 is 32.7 Å². The zero-order valence-corrected chi connectivity index (χ0v) is 10.2. The first kappa shape index (κ1) is 14.0. The van der Waals surface area contributed by atoms with Crippen molar-refractivity contribution in [2.45, 2.75) is 17.9 Å². The lowest BCUT2D eigenvalue weighted by Crippen LogP contribution is -2.33. The molecule has 0 bridgehead atoms. The third-order valence-corrected chi connectivity index (χ3v) is 3.87. The number of sulfonamides is 1. The first-order valence-electron chi connectivity index (χ1n) is 4.84. The van der Waals surface area contributed by atoms with Gasteiger partial charge in [-0.2, -0.15) is 4.31 Å². The standard InChI is InChI=1S/C10H13F2NO3S/c1-7(14)6-13(2)17(15,16)10-4-8(11)3-9(12)5-10/h3-5,7,14H,6H2,1-2H3. The van der Waals surface area contributed by atoms with Crippen LogP contribution in [0.2, 0.25) is 0 Å². The van der Waals surface area contributed by atoms with Gasteiger partial charge in [0.05, 0.1) is 11.0 Å². The SMILES string of the molecule is CC(O)CN(C)S(=O)(=O)c1cc(F)cc(F)c1. The topological polar surface area (TPSA) is 57.6 Å². The molecular formula is C10H13F2NO3S. The molecule has 1 unspecified atom stereocenters. The summed E-state index contributed by atoms with van der Waals surface area (Å²) in [7, 11) is -2.76. The minimum atomic E-state index is -3.99. The lowest BCUT2D eigenvalue weighted by molar-refractivity contribution is 0.171. The Morgan fingerprint density at radius 3 is 2.18 bits per heavy atom. The van der Waals surface area contributed by atoms with Gasteiger partial charge in [0.1, 0.15) is 11.6 Å². The molecule has 0 aliphatic carbocycles. The number of halogens is 2. The maximum Gasteiger partial charge on any atom is 0.243 e. The summed E-state index contributed by atoms with van der Waals surface area (Å²) in [5.74, 6) is -1.93. The van der Waals surface area contributed by atoms with Gasteiger partial charge in [0.25, 0.3) is 0 Å². The molecule has 1 atom stereocenters. The number of aliphatic hydroxyl groups is 1. The minimum Gasteiger partial charge on any atom is -0.392 e. The number of benzene rings is 1. The summed E-state index contributed by atoms with van der Waals surface area (Å²) < 4.78 is 50.4. The van der Waals surface area contributed by atoms with Crippen LogP contribution in [-0.4, -0.2) is 37.5 Å². The van der Waals surface area contributed by atoms with E-state index in [4.69, 9.17) is 5.11 Å². The van der Waals surface area contributed by atoms with E-state index in [1.165, 1.54) is 14.0 Å². The van der Waals surface area contributed by atoms with Crippen LogP contribution in [-0.2, 0) is 10.0 Å². The largest absolute Gasteiger partial charge is 0.392 e. The van der Waals surface area contributed by atoms with E-state index in [9.17, 15) is 17.2 Å². The van der Waals surface area contributed by atoms with Crippen molar-refractivity contribution in [3.8, 4) is 0 Å². The molecule has 1 rings (SSSR count). The van der Waals surface area contributed by atoms with Crippen LogP contribution < -0.4 is 0 Å². The molecule has 0 spiro atoms. The zero-order valence-electron chi connectivity index (χ0n) is 9.39. The van der Waals surface area contributed by atoms with E-state index in [0.717, 1.165) is 16.4 Å². The van der Waals surface area contributed by atoms with Crippen LogP contribution >= 0.6 is 0 Å². The summed E-state index contributed by atoms with van der Waals surface area (Å²) in [5.41, 5.74) is 0. The van der Waals surface area contributed by atoms with Crippen molar-refractivity contribution in [3.63, 3.8) is 0 Å². The summed E-state index contributed by atoms with van der Waals surface area (Å²) in [6.07, 6.45) is -0.867. The molecule has 0 aliphatic heterocycles. The number of hydrogen-bond acceptors (Lipinski definition) is 3. The molecule has 0 heterocycles. The molecule has 1 N–H and O–H groups in total. The highest BCUT2D eigenvalue weighted by Gasteiger charge is 2.23. The van der Waals surface area contributed by atoms with Crippen molar-refractivity contribution in [2.75, 3.05) is 13.6 Å². The third-order valence-electron chi connectivity index (χ3n) is 2.07. The fraction of sp³-hybridized carbons (Fsp3) is 0.400. The van der Waals surface area contributed by atoms with Gasteiger partial charge in [-0.05, 0) is 19.1 Å². The number of nitrogens with zero attached hydrogens (tertiary/aromatic N) is 1. The highest BCUT2D eigenvalue weighted by atomic mass is 32.2. The summed E-state index contributed by atoms with van der Waals surface area (Å²) in [4.78, 5) is -0.474. The van der Waals surface area contributed by atoms with E-state index in [1.54, 1.807) is 0 Å². The van der Waals surface area contributed by atoms with Crippen molar-refractivity contribution in [3.05, 3.63) is 29.8 Å². The van der Waals surface area contributed by atoms with Crippen LogP contribution in [0.15, 0.2) is 23.1 Å². The van der Waals surface area contributed by atoms with Crippen molar-refractivity contribution < 1.29 is 22.3 Å². The third kappa shape index (κ3) is 3.45. The van der Waals surface area contributed by atoms with Crippen LogP contribution in [0.5, 0.6) is 0 Å². The summed E-state index contributed by atoms with van der Waals surface area (Å²) in [6, 6.07) is 2.06. The van der Waals surface area contributed by atoms with Crippen LogP contribution in [0.25, 0.3) is 0 Å². The van der Waals surface area contributed by atoms with Gasteiger partial charge >= 0.3 is 0 Å². The van der Waals surface area contributed by atoms with Crippen molar-refractivity contribution >= 4 is 10.0 Å². The fourth-order valence-corrected chi connectivity index (χ4v) is 2.62. The van der Waals surface area contributed by atoms with Crippen molar-refractivity contribution in [2.24, 2.45) is 0 Å². The maximum absolute atomic E-state index is 12.9. The first-order chi connectivity index (χ1) is 7.73. The van der Waals surface area contributed by atoms with E-state index in [-0.39, 0.29) is 6.54 Å². The molecule has 7 heteroatoms. The summed E-state index contributed by atoms with van der Waals surface area (Å²) in [6.45, 7) is 1.26. The monoisotopic (exact) mass is 265 g/mol. The highest BCUT2D eigenvalue weighted by molar-refractivity contribution is 7.89. The zero-order chi connectivity index (χ0) is 13.2. The summed E-state index contributed by atoms with van der Waals surface area (Å²) in [5, 5.41) is 9.09. The molecule has 0 saturated carbocycles.